The van der Waals surface area contributed by atoms with Crippen LogP contribution in [0.3, 0.4) is 0 Å². The van der Waals surface area contributed by atoms with E-state index >= 15 is 0 Å². The lowest BCUT2D eigenvalue weighted by Crippen LogP contribution is -2.13. The standard InChI is InChI=1S/C20H18N2O3/c1-14-12-19(25-22-14)18(20(23)15-6-4-3-5-7-15)13-21-16-8-10-17(24-2)11-9-16/h3-13,18H,1-2H3. The number of ketones is 1. The van der Waals surface area contributed by atoms with Crippen molar-refractivity contribution in [3.8, 4) is 5.75 Å². The molecular formula is C20H18N2O3. The number of Topliss-reactive ketones (excluding diaryl/α,β-unsaturated/α-hetero) is 1. The number of carbonyl (C=O) groups is 1. The molecule has 0 spiro atoms. The first-order valence-electron chi connectivity index (χ1n) is 7.88. The molecule has 1 atom stereocenters. The number of hydrogen-bond acceptors (Lipinski definition) is 5. The van der Waals surface area contributed by atoms with Crippen molar-refractivity contribution in [1.29, 1.82) is 0 Å². The first-order chi connectivity index (χ1) is 12.2. The molecule has 0 amide bonds. The Morgan fingerprint density at radius 3 is 2.48 bits per heavy atom. The zero-order valence-corrected chi connectivity index (χ0v) is 14.0. The van der Waals surface area contributed by atoms with Crippen LogP contribution in [0.15, 0.2) is 70.2 Å². The van der Waals surface area contributed by atoms with Crippen molar-refractivity contribution in [1.82, 2.24) is 5.16 Å². The van der Waals surface area contributed by atoms with Gasteiger partial charge < -0.3 is 9.26 Å². The summed E-state index contributed by atoms with van der Waals surface area (Å²) in [7, 11) is 1.61. The zero-order valence-electron chi connectivity index (χ0n) is 14.0. The molecule has 0 aliphatic rings. The quantitative estimate of drug-likeness (QED) is 0.496. The Morgan fingerprint density at radius 2 is 1.88 bits per heavy atom. The van der Waals surface area contributed by atoms with Gasteiger partial charge in [-0.3, -0.25) is 9.79 Å². The van der Waals surface area contributed by atoms with E-state index in [2.05, 4.69) is 10.1 Å². The highest BCUT2D eigenvalue weighted by Gasteiger charge is 2.24. The van der Waals surface area contributed by atoms with Crippen LogP contribution in [-0.2, 0) is 0 Å². The smallest absolute Gasteiger partial charge is 0.178 e. The van der Waals surface area contributed by atoms with Crippen molar-refractivity contribution in [2.45, 2.75) is 12.8 Å². The summed E-state index contributed by atoms with van der Waals surface area (Å²) in [5, 5.41) is 3.89. The molecule has 0 aliphatic carbocycles. The molecule has 3 rings (SSSR count). The maximum absolute atomic E-state index is 12.9. The van der Waals surface area contributed by atoms with Gasteiger partial charge in [0.2, 0.25) is 0 Å². The van der Waals surface area contributed by atoms with Crippen LogP contribution in [0.4, 0.5) is 5.69 Å². The van der Waals surface area contributed by atoms with Crippen molar-refractivity contribution in [3.05, 3.63) is 77.7 Å². The minimum Gasteiger partial charge on any atom is -0.497 e. The average Bonchev–Trinajstić information content (AvgIpc) is 3.09. The summed E-state index contributed by atoms with van der Waals surface area (Å²) in [6.45, 7) is 1.82. The van der Waals surface area contributed by atoms with Crippen LogP contribution >= 0.6 is 0 Å². The van der Waals surface area contributed by atoms with E-state index in [1.807, 2.05) is 49.4 Å². The third kappa shape index (κ3) is 4.01. The van der Waals surface area contributed by atoms with Crippen molar-refractivity contribution in [2.75, 3.05) is 7.11 Å². The van der Waals surface area contributed by atoms with Gasteiger partial charge in [-0.2, -0.15) is 0 Å². The van der Waals surface area contributed by atoms with E-state index < -0.39 is 5.92 Å². The second-order valence-electron chi connectivity index (χ2n) is 5.55. The van der Waals surface area contributed by atoms with Gasteiger partial charge in [0.15, 0.2) is 11.5 Å². The maximum atomic E-state index is 12.9. The Labute approximate surface area is 146 Å². The molecule has 3 aromatic rings. The molecule has 2 aromatic carbocycles. The molecule has 0 aliphatic heterocycles. The Morgan fingerprint density at radius 1 is 1.16 bits per heavy atom. The van der Waals surface area contributed by atoms with Crippen molar-refractivity contribution in [2.24, 2.45) is 4.99 Å². The van der Waals surface area contributed by atoms with Crippen LogP contribution in [-0.4, -0.2) is 24.3 Å². The first-order valence-corrected chi connectivity index (χ1v) is 7.88. The summed E-state index contributed by atoms with van der Waals surface area (Å²) in [5.41, 5.74) is 2.05. The molecule has 0 saturated carbocycles. The van der Waals surface area contributed by atoms with Crippen molar-refractivity contribution < 1.29 is 14.1 Å². The first kappa shape index (κ1) is 16.6. The van der Waals surface area contributed by atoms with Gasteiger partial charge in [0, 0.05) is 17.8 Å². The average molecular weight is 334 g/mol. The van der Waals surface area contributed by atoms with Crippen LogP contribution in [0.25, 0.3) is 0 Å². The molecule has 5 nitrogen and oxygen atoms in total. The number of ether oxygens (including phenoxy) is 1. The summed E-state index contributed by atoms with van der Waals surface area (Å²) in [5.74, 6) is 0.505. The molecule has 1 unspecified atom stereocenters. The number of aliphatic imine (C=N–C) groups is 1. The van der Waals surface area contributed by atoms with Gasteiger partial charge >= 0.3 is 0 Å². The number of methoxy groups -OCH3 is 1. The summed E-state index contributed by atoms with van der Waals surface area (Å²) in [6, 6.07) is 18.1. The lowest BCUT2D eigenvalue weighted by atomic mass is 9.96. The summed E-state index contributed by atoms with van der Waals surface area (Å²) >= 11 is 0. The fraction of sp³-hybridized carbons (Fsp3) is 0.150. The normalized spacial score (nSPS) is 12.2. The minimum atomic E-state index is -0.634. The molecule has 5 heteroatoms. The van der Waals surface area contributed by atoms with E-state index in [1.54, 1.807) is 31.5 Å². The monoisotopic (exact) mass is 334 g/mol. The second-order valence-corrected chi connectivity index (χ2v) is 5.55. The van der Waals surface area contributed by atoms with Gasteiger partial charge in [-0.05, 0) is 31.2 Å². The fourth-order valence-electron chi connectivity index (χ4n) is 2.41. The topological polar surface area (TPSA) is 64.7 Å². The third-order valence-corrected chi connectivity index (χ3v) is 3.74. The zero-order chi connectivity index (χ0) is 17.6. The van der Waals surface area contributed by atoms with Crippen LogP contribution in [0.5, 0.6) is 5.75 Å². The van der Waals surface area contributed by atoms with Gasteiger partial charge in [-0.1, -0.05) is 35.5 Å². The lowest BCUT2D eigenvalue weighted by Gasteiger charge is -2.08. The Kier molecular flexibility index (Phi) is 5.04. The van der Waals surface area contributed by atoms with Gasteiger partial charge in [0.25, 0.3) is 0 Å². The highest BCUT2D eigenvalue weighted by molar-refractivity contribution is 6.10. The van der Waals surface area contributed by atoms with Gasteiger partial charge in [0.05, 0.1) is 18.5 Å². The van der Waals surface area contributed by atoms with Gasteiger partial charge in [-0.15, -0.1) is 0 Å². The van der Waals surface area contributed by atoms with Gasteiger partial charge in [-0.25, -0.2) is 0 Å². The molecule has 0 fully saturated rings. The molecule has 0 bridgehead atoms. The fourth-order valence-corrected chi connectivity index (χ4v) is 2.41. The molecule has 0 radical (unpaired) electrons. The Hall–Kier alpha value is -3.21. The van der Waals surface area contributed by atoms with Crippen molar-refractivity contribution >= 4 is 17.7 Å². The molecule has 0 N–H and O–H groups in total. The van der Waals surface area contributed by atoms with E-state index in [0.717, 1.165) is 17.1 Å². The van der Waals surface area contributed by atoms with Crippen LogP contribution in [0.2, 0.25) is 0 Å². The highest BCUT2D eigenvalue weighted by atomic mass is 16.5. The number of carbonyl (C=O) groups excluding carboxylic acids is 1. The largest absolute Gasteiger partial charge is 0.497 e. The third-order valence-electron chi connectivity index (χ3n) is 3.74. The number of nitrogens with zero attached hydrogens (tertiary/aromatic N) is 2. The van der Waals surface area contributed by atoms with Gasteiger partial charge in [0.1, 0.15) is 11.7 Å². The number of rotatable bonds is 6. The summed E-state index contributed by atoms with van der Waals surface area (Å²) in [6.07, 6.45) is 1.59. The molecule has 1 aromatic heterocycles. The predicted molar refractivity (Wildman–Crippen MR) is 95.9 cm³/mol. The van der Waals surface area contributed by atoms with E-state index in [9.17, 15) is 4.79 Å². The number of hydrogen-bond donors (Lipinski definition) is 0. The van der Waals surface area contributed by atoms with Crippen molar-refractivity contribution in [3.63, 3.8) is 0 Å². The van der Waals surface area contributed by atoms with E-state index in [4.69, 9.17) is 9.26 Å². The highest BCUT2D eigenvalue weighted by Crippen LogP contribution is 2.23. The molecular weight excluding hydrogens is 316 g/mol. The van der Waals surface area contributed by atoms with E-state index in [0.29, 0.717) is 11.3 Å². The molecule has 126 valence electrons. The van der Waals surface area contributed by atoms with E-state index in [1.165, 1.54) is 0 Å². The lowest BCUT2D eigenvalue weighted by molar-refractivity contribution is 0.0974. The summed E-state index contributed by atoms with van der Waals surface area (Å²) in [4.78, 5) is 17.3. The Bertz CT molecular complexity index is 867. The number of benzene rings is 2. The van der Waals surface area contributed by atoms with Crippen LogP contribution in [0, 0.1) is 6.92 Å². The maximum Gasteiger partial charge on any atom is 0.178 e. The Balaban J connectivity index is 1.90. The van der Waals surface area contributed by atoms with Crippen LogP contribution in [0.1, 0.15) is 27.7 Å². The number of aromatic nitrogens is 1. The molecule has 0 saturated heterocycles. The molecule has 25 heavy (non-hydrogen) atoms. The minimum absolute atomic E-state index is 0.0889. The SMILES string of the molecule is COc1ccc(N=CC(C(=O)c2ccccc2)c2cc(C)no2)cc1. The summed E-state index contributed by atoms with van der Waals surface area (Å²) < 4.78 is 10.4. The predicted octanol–water partition coefficient (Wildman–Crippen LogP) is 4.36. The molecule has 1 heterocycles. The van der Waals surface area contributed by atoms with Crippen LogP contribution < -0.4 is 4.74 Å². The number of aryl methyl sites for hydroxylation is 1. The van der Waals surface area contributed by atoms with E-state index in [-0.39, 0.29) is 5.78 Å². The second kappa shape index (κ2) is 7.57.